The second-order valence-electron chi connectivity index (χ2n) is 8.80. The Morgan fingerprint density at radius 2 is 2.06 bits per heavy atom. The molecule has 2 atom stereocenters. The summed E-state index contributed by atoms with van der Waals surface area (Å²) in [6.07, 6.45) is 7.15. The molecule has 1 aromatic heterocycles. The van der Waals surface area contributed by atoms with Crippen LogP contribution in [-0.4, -0.2) is 41.7 Å². The van der Waals surface area contributed by atoms with Gasteiger partial charge >= 0.3 is 0 Å². The van der Waals surface area contributed by atoms with Crippen molar-refractivity contribution >= 4 is 23.2 Å². The lowest BCUT2D eigenvalue weighted by Crippen LogP contribution is -2.42. The number of nitrogens with zero attached hydrogens (tertiary/aromatic N) is 2. The molecule has 2 aliphatic rings. The zero-order chi connectivity index (χ0) is 22.4. The van der Waals surface area contributed by atoms with Gasteiger partial charge in [-0.1, -0.05) is 24.9 Å². The SMILES string of the molecule is CNCCC[C@H](C)COc1cc(Cl)nc(C(=O)C2=C(N)[C@]3(CCCCC3=O)CCC2)n1. The fourth-order valence-corrected chi connectivity index (χ4v) is 4.82. The number of carbonyl (C=O) groups is 2. The van der Waals surface area contributed by atoms with E-state index in [0.29, 0.717) is 49.5 Å². The number of rotatable bonds is 9. The van der Waals surface area contributed by atoms with Crippen LogP contribution in [0.4, 0.5) is 0 Å². The van der Waals surface area contributed by atoms with Crippen LogP contribution in [0.3, 0.4) is 0 Å². The summed E-state index contributed by atoms with van der Waals surface area (Å²) in [7, 11) is 1.93. The van der Waals surface area contributed by atoms with E-state index in [4.69, 9.17) is 22.1 Å². The van der Waals surface area contributed by atoms with Gasteiger partial charge in [0, 0.05) is 23.8 Å². The third kappa shape index (κ3) is 5.44. The Balaban J connectivity index is 1.77. The lowest BCUT2D eigenvalue weighted by atomic mass is 9.64. The summed E-state index contributed by atoms with van der Waals surface area (Å²) in [5, 5.41) is 3.28. The number of nitrogens with one attached hydrogen (secondary N) is 1. The molecule has 0 bridgehead atoms. The van der Waals surface area contributed by atoms with E-state index in [-0.39, 0.29) is 28.4 Å². The Morgan fingerprint density at radius 3 is 2.81 bits per heavy atom. The highest BCUT2D eigenvalue weighted by Crippen LogP contribution is 2.47. The summed E-state index contributed by atoms with van der Waals surface area (Å²) < 4.78 is 5.80. The number of nitrogens with two attached hydrogens (primary N) is 1. The van der Waals surface area contributed by atoms with Gasteiger partial charge < -0.3 is 15.8 Å². The molecule has 0 saturated heterocycles. The van der Waals surface area contributed by atoms with Crippen molar-refractivity contribution in [2.24, 2.45) is 17.1 Å². The first-order valence-electron chi connectivity index (χ1n) is 11.3. The lowest BCUT2D eigenvalue weighted by molar-refractivity contribution is -0.129. The van der Waals surface area contributed by atoms with Crippen LogP contribution in [0.2, 0.25) is 5.15 Å². The monoisotopic (exact) mass is 448 g/mol. The fraction of sp³-hybridized carbons (Fsp3) is 0.652. The van der Waals surface area contributed by atoms with Crippen molar-refractivity contribution in [3.63, 3.8) is 0 Å². The molecule has 1 heterocycles. The van der Waals surface area contributed by atoms with Crippen molar-refractivity contribution in [3.05, 3.63) is 28.3 Å². The lowest BCUT2D eigenvalue weighted by Gasteiger charge is -2.40. The van der Waals surface area contributed by atoms with E-state index in [1.807, 2.05) is 7.05 Å². The molecule has 3 rings (SSSR count). The first-order valence-corrected chi connectivity index (χ1v) is 11.6. The van der Waals surface area contributed by atoms with E-state index in [1.54, 1.807) is 0 Å². The number of carbonyl (C=O) groups excluding carboxylic acids is 2. The van der Waals surface area contributed by atoms with Gasteiger partial charge in [0.15, 0.2) is 0 Å². The highest BCUT2D eigenvalue weighted by Gasteiger charge is 2.46. The molecule has 170 valence electrons. The molecule has 1 spiro atoms. The zero-order valence-electron chi connectivity index (χ0n) is 18.5. The summed E-state index contributed by atoms with van der Waals surface area (Å²) in [6, 6.07) is 1.52. The second kappa shape index (κ2) is 10.6. The van der Waals surface area contributed by atoms with Gasteiger partial charge in [-0.3, -0.25) is 9.59 Å². The highest BCUT2D eigenvalue weighted by atomic mass is 35.5. The Morgan fingerprint density at radius 1 is 1.29 bits per heavy atom. The van der Waals surface area contributed by atoms with Gasteiger partial charge in [0.05, 0.1) is 12.0 Å². The maximum absolute atomic E-state index is 13.3. The number of ketones is 2. The molecule has 0 amide bonds. The van der Waals surface area contributed by atoms with Crippen LogP contribution in [0, 0.1) is 11.3 Å². The van der Waals surface area contributed by atoms with E-state index in [0.717, 1.165) is 38.6 Å². The van der Waals surface area contributed by atoms with Crippen molar-refractivity contribution in [1.29, 1.82) is 0 Å². The molecule has 1 saturated carbocycles. The summed E-state index contributed by atoms with van der Waals surface area (Å²) in [5.74, 6) is 0.398. The number of aromatic nitrogens is 2. The maximum Gasteiger partial charge on any atom is 0.228 e. The third-order valence-corrected chi connectivity index (χ3v) is 6.64. The summed E-state index contributed by atoms with van der Waals surface area (Å²) in [6.45, 7) is 3.55. The number of ether oxygens (including phenoxy) is 1. The largest absolute Gasteiger partial charge is 0.477 e. The summed E-state index contributed by atoms with van der Waals surface area (Å²) in [4.78, 5) is 34.4. The molecule has 0 radical (unpaired) electrons. The minimum Gasteiger partial charge on any atom is -0.477 e. The van der Waals surface area contributed by atoms with E-state index in [1.165, 1.54) is 6.07 Å². The molecule has 7 nitrogen and oxygen atoms in total. The van der Waals surface area contributed by atoms with E-state index < -0.39 is 5.41 Å². The van der Waals surface area contributed by atoms with Crippen molar-refractivity contribution in [2.45, 2.75) is 64.7 Å². The van der Waals surface area contributed by atoms with Crippen molar-refractivity contribution < 1.29 is 14.3 Å². The smallest absolute Gasteiger partial charge is 0.228 e. The molecule has 8 heteroatoms. The molecule has 1 aromatic rings. The summed E-state index contributed by atoms with van der Waals surface area (Å²) in [5.41, 5.74) is 6.64. The van der Waals surface area contributed by atoms with Crippen LogP contribution in [0.5, 0.6) is 5.88 Å². The van der Waals surface area contributed by atoms with Gasteiger partial charge in [-0.15, -0.1) is 0 Å². The zero-order valence-corrected chi connectivity index (χ0v) is 19.3. The van der Waals surface area contributed by atoms with Crippen LogP contribution in [0.25, 0.3) is 0 Å². The normalized spacial score (nSPS) is 22.6. The molecule has 0 unspecified atom stereocenters. The van der Waals surface area contributed by atoms with Crippen LogP contribution in [0.15, 0.2) is 17.3 Å². The van der Waals surface area contributed by atoms with Crippen LogP contribution < -0.4 is 15.8 Å². The van der Waals surface area contributed by atoms with E-state index >= 15 is 0 Å². The Labute approximate surface area is 189 Å². The van der Waals surface area contributed by atoms with Crippen LogP contribution >= 0.6 is 11.6 Å². The molecular formula is C23H33ClN4O3. The second-order valence-corrected chi connectivity index (χ2v) is 9.19. The van der Waals surface area contributed by atoms with Crippen LogP contribution in [-0.2, 0) is 4.79 Å². The fourth-order valence-electron chi connectivity index (χ4n) is 4.65. The summed E-state index contributed by atoms with van der Waals surface area (Å²) >= 11 is 6.16. The van der Waals surface area contributed by atoms with Gasteiger partial charge in [0.1, 0.15) is 10.9 Å². The average Bonchev–Trinajstić information content (AvgIpc) is 2.75. The Hall–Kier alpha value is -1.99. The first-order chi connectivity index (χ1) is 14.9. The van der Waals surface area contributed by atoms with E-state index in [2.05, 4.69) is 22.2 Å². The minimum absolute atomic E-state index is 0.0244. The number of hydrogen-bond acceptors (Lipinski definition) is 7. The Kier molecular flexibility index (Phi) is 8.06. The van der Waals surface area contributed by atoms with Gasteiger partial charge in [0.25, 0.3) is 0 Å². The van der Waals surface area contributed by atoms with E-state index in [9.17, 15) is 9.59 Å². The molecule has 0 aromatic carbocycles. The number of halogens is 1. The number of allylic oxidation sites excluding steroid dienone is 2. The van der Waals surface area contributed by atoms with Gasteiger partial charge in [-0.25, -0.2) is 4.98 Å². The molecular weight excluding hydrogens is 416 g/mol. The standard InChI is InChI=1S/C23H33ClN4O3/c1-15(7-6-12-26-2)14-31-19-13-18(24)27-22(28-19)20(30)16-8-5-11-23(21(16)25)10-4-3-9-17(23)29/h13,15,26H,3-12,14,25H2,1-2H3/t15-,23+/m0/s1. The Bertz CT molecular complexity index is 857. The predicted octanol–water partition coefficient (Wildman–Crippen LogP) is 3.85. The molecule has 1 fully saturated rings. The topological polar surface area (TPSA) is 107 Å². The predicted molar refractivity (Wildman–Crippen MR) is 120 cm³/mol. The first kappa shape index (κ1) is 23.7. The highest BCUT2D eigenvalue weighted by molar-refractivity contribution is 6.29. The molecule has 0 aliphatic heterocycles. The van der Waals surface area contributed by atoms with Crippen LogP contribution in [0.1, 0.15) is 75.3 Å². The van der Waals surface area contributed by atoms with Gasteiger partial charge in [-0.2, -0.15) is 4.98 Å². The minimum atomic E-state index is -0.692. The maximum atomic E-state index is 13.3. The van der Waals surface area contributed by atoms with Gasteiger partial charge in [-0.05, 0) is 64.5 Å². The van der Waals surface area contributed by atoms with Crippen molar-refractivity contribution in [3.8, 4) is 5.88 Å². The molecule has 3 N–H and O–H groups in total. The quantitative estimate of drug-likeness (QED) is 0.335. The number of Topliss-reactive ketones (excluding diaryl/α,β-unsaturated/α-hetero) is 2. The van der Waals surface area contributed by atoms with Crippen molar-refractivity contribution in [2.75, 3.05) is 20.2 Å². The van der Waals surface area contributed by atoms with Crippen molar-refractivity contribution in [1.82, 2.24) is 15.3 Å². The average molecular weight is 449 g/mol. The van der Waals surface area contributed by atoms with Gasteiger partial charge in [0.2, 0.25) is 17.5 Å². The number of hydrogen-bond donors (Lipinski definition) is 2. The molecule has 31 heavy (non-hydrogen) atoms. The third-order valence-electron chi connectivity index (χ3n) is 6.45. The molecule has 2 aliphatic carbocycles.